The number of aryl methyl sites for hydroxylation is 1. The van der Waals surface area contributed by atoms with E-state index in [4.69, 9.17) is 4.74 Å². The van der Waals surface area contributed by atoms with Crippen LogP contribution in [0, 0.1) is 6.92 Å². The number of anilines is 1. The van der Waals surface area contributed by atoms with Crippen molar-refractivity contribution in [2.75, 3.05) is 17.7 Å². The summed E-state index contributed by atoms with van der Waals surface area (Å²) in [5.41, 5.74) is 4.25. The molecule has 2 aromatic carbocycles. The number of nitrogens with zero attached hydrogens (tertiary/aromatic N) is 4. The number of ether oxygens (including phenoxy) is 1. The molecule has 162 valence electrons. The Labute approximate surface area is 189 Å². The molecule has 0 atom stereocenters. The van der Waals surface area contributed by atoms with Gasteiger partial charge in [0.1, 0.15) is 0 Å². The molecule has 0 radical (unpaired) electrons. The quantitative estimate of drug-likeness (QED) is 0.338. The van der Waals surface area contributed by atoms with E-state index >= 15 is 0 Å². The molecule has 0 unspecified atom stereocenters. The normalized spacial score (nSPS) is 10.8. The highest BCUT2D eigenvalue weighted by Crippen LogP contribution is 2.22. The molecule has 0 fully saturated rings. The van der Waals surface area contributed by atoms with Crippen molar-refractivity contribution in [2.24, 2.45) is 0 Å². The largest absolute Gasteiger partial charge is 0.462 e. The average molecular weight is 448 g/mol. The average Bonchev–Trinajstić information content (AvgIpc) is 3.21. The van der Waals surface area contributed by atoms with Gasteiger partial charge in [-0.25, -0.2) is 4.79 Å². The molecule has 2 aromatic heterocycles. The van der Waals surface area contributed by atoms with Crippen LogP contribution in [0.2, 0.25) is 0 Å². The van der Waals surface area contributed by atoms with Crippen LogP contribution in [-0.2, 0) is 9.53 Å². The molecule has 8 nitrogen and oxygen atoms in total. The van der Waals surface area contributed by atoms with Gasteiger partial charge in [0, 0.05) is 5.56 Å². The van der Waals surface area contributed by atoms with Gasteiger partial charge in [0.05, 0.1) is 29.3 Å². The number of fused-ring (bicyclic) bond motifs is 1. The van der Waals surface area contributed by atoms with Gasteiger partial charge in [0.2, 0.25) is 11.1 Å². The summed E-state index contributed by atoms with van der Waals surface area (Å²) in [6.07, 6.45) is 0. The molecule has 2 heterocycles. The van der Waals surface area contributed by atoms with Crippen LogP contribution in [0.3, 0.4) is 0 Å². The first-order chi connectivity index (χ1) is 15.5. The highest BCUT2D eigenvalue weighted by atomic mass is 32.2. The first-order valence-electron chi connectivity index (χ1n) is 10.0. The predicted octanol–water partition coefficient (Wildman–Crippen LogP) is 4.01. The summed E-state index contributed by atoms with van der Waals surface area (Å²) in [6.45, 7) is 4.02. The molecule has 0 aliphatic heterocycles. The zero-order valence-corrected chi connectivity index (χ0v) is 18.4. The topological polar surface area (TPSA) is 98.5 Å². The molecule has 4 aromatic rings. The van der Waals surface area contributed by atoms with Crippen LogP contribution < -0.4 is 5.32 Å². The van der Waals surface area contributed by atoms with Crippen LogP contribution in [0.25, 0.3) is 16.9 Å². The number of carbonyl (C=O) groups excluding carboxylic acids is 2. The Morgan fingerprint density at radius 3 is 2.59 bits per heavy atom. The minimum Gasteiger partial charge on any atom is -0.462 e. The van der Waals surface area contributed by atoms with Gasteiger partial charge >= 0.3 is 5.97 Å². The Morgan fingerprint density at radius 1 is 1.03 bits per heavy atom. The molecule has 1 N–H and O–H groups in total. The van der Waals surface area contributed by atoms with Gasteiger partial charge in [0.15, 0.2) is 5.65 Å². The summed E-state index contributed by atoms with van der Waals surface area (Å²) < 4.78 is 6.67. The molecule has 0 aliphatic carbocycles. The molecule has 0 saturated heterocycles. The zero-order valence-electron chi connectivity index (χ0n) is 17.6. The van der Waals surface area contributed by atoms with Gasteiger partial charge in [0.25, 0.3) is 0 Å². The zero-order chi connectivity index (χ0) is 22.5. The number of aromatic nitrogens is 4. The number of nitrogens with one attached hydrogen (secondary N) is 1. The number of esters is 1. The Kier molecular flexibility index (Phi) is 6.46. The maximum atomic E-state index is 12.5. The lowest BCUT2D eigenvalue weighted by Gasteiger charge is -2.10. The fraction of sp³-hybridized carbons (Fsp3) is 0.174. The third-order valence-electron chi connectivity index (χ3n) is 4.61. The van der Waals surface area contributed by atoms with E-state index in [-0.39, 0.29) is 18.3 Å². The number of para-hydroxylation sites is 1. The van der Waals surface area contributed by atoms with Crippen molar-refractivity contribution in [3.8, 4) is 11.3 Å². The minimum absolute atomic E-state index is 0.0778. The van der Waals surface area contributed by atoms with Gasteiger partial charge in [-0.3, -0.25) is 4.79 Å². The van der Waals surface area contributed by atoms with Crippen molar-refractivity contribution < 1.29 is 14.3 Å². The summed E-state index contributed by atoms with van der Waals surface area (Å²) in [7, 11) is 0. The van der Waals surface area contributed by atoms with Gasteiger partial charge in [-0.1, -0.05) is 53.7 Å². The third-order valence-corrected chi connectivity index (χ3v) is 5.53. The second kappa shape index (κ2) is 9.61. The number of carbonyl (C=O) groups is 2. The van der Waals surface area contributed by atoms with E-state index in [1.165, 1.54) is 17.3 Å². The van der Waals surface area contributed by atoms with Gasteiger partial charge < -0.3 is 10.1 Å². The fourth-order valence-electron chi connectivity index (χ4n) is 3.03. The molecule has 0 saturated carbocycles. The van der Waals surface area contributed by atoms with Crippen LogP contribution in [-0.4, -0.2) is 44.0 Å². The maximum Gasteiger partial charge on any atom is 0.340 e. The summed E-state index contributed by atoms with van der Waals surface area (Å²) in [5, 5.41) is 16.2. The van der Waals surface area contributed by atoms with Crippen LogP contribution in [0.5, 0.6) is 0 Å². The lowest BCUT2D eigenvalue weighted by Crippen LogP contribution is -2.17. The molecule has 4 rings (SSSR count). The van der Waals surface area contributed by atoms with Crippen molar-refractivity contribution >= 4 is 35.0 Å². The Bertz CT molecular complexity index is 1270. The number of rotatable bonds is 7. The summed E-state index contributed by atoms with van der Waals surface area (Å²) in [5.74, 6) is -0.681. The molecule has 0 aliphatic rings. The highest BCUT2D eigenvalue weighted by molar-refractivity contribution is 7.99. The van der Waals surface area contributed by atoms with E-state index in [1.54, 1.807) is 35.7 Å². The fourth-order valence-corrected chi connectivity index (χ4v) is 3.72. The van der Waals surface area contributed by atoms with E-state index in [9.17, 15) is 9.59 Å². The number of hydrogen-bond donors (Lipinski definition) is 1. The molecular formula is C23H21N5O3S. The smallest absolute Gasteiger partial charge is 0.340 e. The van der Waals surface area contributed by atoms with Crippen LogP contribution in [0.1, 0.15) is 22.8 Å². The van der Waals surface area contributed by atoms with E-state index in [2.05, 4.69) is 20.6 Å². The monoisotopic (exact) mass is 447 g/mol. The van der Waals surface area contributed by atoms with Crippen LogP contribution in [0.4, 0.5) is 5.69 Å². The second-order valence-electron chi connectivity index (χ2n) is 6.94. The Balaban J connectivity index is 1.48. The Morgan fingerprint density at radius 2 is 1.81 bits per heavy atom. The van der Waals surface area contributed by atoms with E-state index in [0.717, 1.165) is 11.3 Å². The number of amides is 1. The van der Waals surface area contributed by atoms with Gasteiger partial charge in [-0.2, -0.15) is 9.61 Å². The number of hydrogen-bond acceptors (Lipinski definition) is 7. The lowest BCUT2D eigenvalue weighted by atomic mass is 10.1. The molecule has 32 heavy (non-hydrogen) atoms. The van der Waals surface area contributed by atoms with E-state index in [0.29, 0.717) is 22.1 Å². The Hall–Kier alpha value is -3.72. The standard InChI is InChI=1S/C23H21N5O3S/c1-3-31-22(30)17-6-4-5-7-19(17)24-21(29)14-32-23-26-25-20-13-12-18(27-28(20)23)16-10-8-15(2)9-11-16/h4-13H,3,14H2,1-2H3,(H,24,29). The molecule has 0 spiro atoms. The minimum atomic E-state index is -0.479. The van der Waals surface area contributed by atoms with Crippen molar-refractivity contribution in [3.05, 3.63) is 71.8 Å². The second-order valence-corrected chi connectivity index (χ2v) is 7.88. The molecule has 0 bridgehead atoms. The third kappa shape index (κ3) is 4.78. The van der Waals surface area contributed by atoms with Crippen molar-refractivity contribution in [1.82, 2.24) is 19.8 Å². The van der Waals surface area contributed by atoms with Crippen molar-refractivity contribution in [1.29, 1.82) is 0 Å². The van der Waals surface area contributed by atoms with Gasteiger partial charge in [-0.15, -0.1) is 10.2 Å². The van der Waals surface area contributed by atoms with E-state index in [1.807, 2.05) is 43.3 Å². The maximum absolute atomic E-state index is 12.5. The van der Waals surface area contributed by atoms with Crippen LogP contribution >= 0.6 is 11.8 Å². The number of thioether (sulfide) groups is 1. The first kappa shape index (κ1) is 21.5. The lowest BCUT2D eigenvalue weighted by molar-refractivity contribution is -0.113. The molecule has 1 amide bonds. The van der Waals surface area contributed by atoms with E-state index < -0.39 is 5.97 Å². The summed E-state index contributed by atoms with van der Waals surface area (Å²) >= 11 is 1.21. The molecular weight excluding hydrogens is 426 g/mol. The highest BCUT2D eigenvalue weighted by Gasteiger charge is 2.16. The van der Waals surface area contributed by atoms with Crippen molar-refractivity contribution in [3.63, 3.8) is 0 Å². The molecule has 9 heteroatoms. The SMILES string of the molecule is CCOC(=O)c1ccccc1NC(=O)CSc1nnc2ccc(-c3ccc(C)cc3)nn12. The summed E-state index contributed by atoms with van der Waals surface area (Å²) in [6, 6.07) is 18.6. The summed E-state index contributed by atoms with van der Waals surface area (Å²) in [4.78, 5) is 24.6. The van der Waals surface area contributed by atoms with Gasteiger partial charge in [-0.05, 0) is 38.1 Å². The van der Waals surface area contributed by atoms with Crippen molar-refractivity contribution in [2.45, 2.75) is 19.0 Å². The predicted molar refractivity (Wildman–Crippen MR) is 123 cm³/mol. The van der Waals surface area contributed by atoms with Crippen LogP contribution in [0.15, 0.2) is 65.8 Å². The number of benzene rings is 2. The first-order valence-corrected chi connectivity index (χ1v) is 11.0.